The Morgan fingerprint density at radius 2 is 2.13 bits per heavy atom. The lowest BCUT2D eigenvalue weighted by molar-refractivity contribution is -0.140. The van der Waals surface area contributed by atoms with Crippen molar-refractivity contribution >= 4 is 16.2 Å². The number of hydrogen-bond donors (Lipinski definition) is 3. The van der Waals surface area contributed by atoms with Gasteiger partial charge in [0.25, 0.3) is 10.2 Å². The molecule has 0 saturated heterocycles. The van der Waals surface area contributed by atoms with Crippen LogP contribution in [0.5, 0.6) is 0 Å². The molecular weight excluding hydrogens is 224 g/mol. The molecule has 15 heavy (non-hydrogen) atoms. The second-order valence-electron chi connectivity index (χ2n) is 3.38. The van der Waals surface area contributed by atoms with Crippen molar-refractivity contribution in [1.82, 2.24) is 9.44 Å². The van der Waals surface area contributed by atoms with E-state index < -0.39 is 21.7 Å². The van der Waals surface area contributed by atoms with E-state index in [1.807, 2.05) is 0 Å². The number of methoxy groups -OCH3 is 1. The summed E-state index contributed by atoms with van der Waals surface area (Å²) >= 11 is 0. The summed E-state index contributed by atoms with van der Waals surface area (Å²) in [6.45, 7) is 0.350. The molecular formula is C7H14N2O5S. The zero-order valence-corrected chi connectivity index (χ0v) is 9.13. The Morgan fingerprint density at radius 1 is 1.53 bits per heavy atom. The first-order valence-electron chi connectivity index (χ1n) is 4.43. The van der Waals surface area contributed by atoms with E-state index in [1.165, 1.54) is 7.11 Å². The van der Waals surface area contributed by atoms with Crippen LogP contribution in [0.15, 0.2) is 0 Å². The summed E-state index contributed by atoms with van der Waals surface area (Å²) in [6.07, 6.45) is 0.654. The molecule has 3 N–H and O–H groups in total. The molecule has 1 fully saturated rings. The second kappa shape index (κ2) is 4.44. The minimum absolute atomic E-state index is 0.113. The van der Waals surface area contributed by atoms with Crippen LogP contribution in [0.25, 0.3) is 0 Å². The van der Waals surface area contributed by atoms with Crippen LogP contribution >= 0.6 is 0 Å². The van der Waals surface area contributed by atoms with Gasteiger partial charge in [-0.1, -0.05) is 0 Å². The van der Waals surface area contributed by atoms with Crippen molar-refractivity contribution in [2.75, 3.05) is 20.3 Å². The molecule has 0 aromatic carbocycles. The van der Waals surface area contributed by atoms with Crippen LogP contribution in [-0.4, -0.2) is 45.3 Å². The standard InChI is InChI=1S/C7H14N2O5S/c1-14-5-4-8-15(12,13)9-7(2-3-7)6(10)11/h8-9H,2-5H2,1H3,(H,10,11). The zero-order valence-electron chi connectivity index (χ0n) is 8.32. The minimum atomic E-state index is -3.75. The van der Waals surface area contributed by atoms with Gasteiger partial charge in [0.05, 0.1) is 6.61 Å². The van der Waals surface area contributed by atoms with Gasteiger partial charge in [-0.3, -0.25) is 4.79 Å². The maximum absolute atomic E-state index is 11.3. The van der Waals surface area contributed by atoms with E-state index in [0.29, 0.717) is 12.8 Å². The SMILES string of the molecule is COCCNS(=O)(=O)NC1(C(=O)O)CC1. The molecule has 0 heterocycles. The van der Waals surface area contributed by atoms with Crippen LogP contribution in [0, 0.1) is 0 Å². The van der Waals surface area contributed by atoms with Crippen molar-refractivity contribution in [2.45, 2.75) is 18.4 Å². The number of hydrogen-bond acceptors (Lipinski definition) is 4. The lowest BCUT2D eigenvalue weighted by atomic mass is 10.3. The van der Waals surface area contributed by atoms with Crippen molar-refractivity contribution in [3.05, 3.63) is 0 Å². The molecule has 0 bridgehead atoms. The third-order valence-corrected chi connectivity index (χ3v) is 3.33. The summed E-state index contributed by atoms with van der Waals surface area (Å²) in [5, 5.41) is 8.76. The molecule has 8 heteroatoms. The number of aliphatic carboxylic acids is 1. The number of rotatable bonds is 7. The Bertz CT molecular complexity index is 335. The monoisotopic (exact) mass is 238 g/mol. The third-order valence-electron chi connectivity index (χ3n) is 2.09. The normalized spacial score (nSPS) is 18.7. The smallest absolute Gasteiger partial charge is 0.324 e. The van der Waals surface area contributed by atoms with Gasteiger partial charge in [0, 0.05) is 13.7 Å². The Balaban J connectivity index is 2.46. The summed E-state index contributed by atoms with van der Waals surface area (Å²) in [5.41, 5.74) is -1.29. The molecule has 1 aliphatic rings. The highest BCUT2D eigenvalue weighted by Gasteiger charge is 2.53. The molecule has 0 atom stereocenters. The van der Waals surface area contributed by atoms with Crippen molar-refractivity contribution in [3.63, 3.8) is 0 Å². The van der Waals surface area contributed by atoms with Crippen LogP contribution in [0.3, 0.4) is 0 Å². The Morgan fingerprint density at radius 3 is 2.53 bits per heavy atom. The van der Waals surface area contributed by atoms with E-state index in [1.54, 1.807) is 0 Å². The lowest BCUT2D eigenvalue weighted by Crippen LogP contribution is -2.48. The van der Waals surface area contributed by atoms with Gasteiger partial charge in [0.2, 0.25) is 0 Å². The number of carbonyl (C=O) groups is 1. The molecule has 7 nitrogen and oxygen atoms in total. The fourth-order valence-electron chi connectivity index (χ4n) is 1.06. The molecule has 0 amide bonds. The highest BCUT2D eigenvalue weighted by molar-refractivity contribution is 7.87. The maximum atomic E-state index is 11.3. The Kier molecular flexibility index (Phi) is 3.66. The van der Waals surface area contributed by atoms with Crippen LogP contribution in [0.1, 0.15) is 12.8 Å². The average Bonchev–Trinajstić information content (AvgIpc) is 2.85. The van der Waals surface area contributed by atoms with Gasteiger partial charge in [-0.15, -0.1) is 0 Å². The molecule has 0 aliphatic heterocycles. The van der Waals surface area contributed by atoms with Crippen LogP contribution in [-0.2, 0) is 19.7 Å². The van der Waals surface area contributed by atoms with E-state index in [-0.39, 0.29) is 13.2 Å². The molecule has 88 valence electrons. The van der Waals surface area contributed by atoms with Gasteiger partial charge in [-0.2, -0.15) is 17.9 Å². The summed E-state index contributed by atoms with van der Waals surface area (Å²) in [4.78, 5) is 10.7. The van der Waals surface area contributed by atoms with E-state index >= 15 is 0 Å². The van der Waals surface area contributed by atoms with Crippen molar-refractivity contribution in [2.24, 2.45) is 0 Å². The van der Waals surface area contributed by atoms with Crippen LogP contribution in [0.4, 0.5) is 0 Å². The Hall–Kier alpha value is -0.700. The van der Waals surface area contributed by atoms with E-state index in [9.17, 15) is 13.2 Å². The van der Waals surface area contributed by atoms with Crippen LogP contribution in [0.2, 0.25) is 0 Å². The van der Waals surface area contributed by atoms with Crippen molar-refractivity contribution in [3.8, 4) is 0 Å². The number of carboxylic acids is 1. The summed E-state index contributed by atoms with van der Waals surface area (Å²) in [5.74, 6) is -1.14. The highest BCUT2D eigenvalue weighted by Crippen LogP contribution is 2.35. The quantitative estimate of drug-likeness (QED) is 0.477. The van der Waals surface area contributed by atoms with Gasteiger partial charge >= 0.3 is 5.97 Å². The van der Waals surface area contributed by atoms with Crippen LogP contribution < -0.4 is 9.44 Å². The highest BCUT2D eigenvalue weighted by atomic mass is 32.2. The van der Waals surface area contributed by atoms with Gasteiger partial charge in [-0.25, -0.2) is 0 Å². The molecule has 0 aromatic heterocycles. The predicted octanol–water partition coefficient (Wildman–Crippen LogP) is -1.33. The summed E-state index contributed by atoms with van der Waals surface area (Å²) in [7, 11) is -2.31. The first kappa shape index (κ1) is 12.4. The molecule has 0 radical (unpaired) electrons. The number of carboxylic acid groups (broad SMARTS) is 1. The van der Waals surface area contributed by atoms with Crippen molar-refractivity contribution < 1.29 is 23.1 Å². The molecule has 0 spiro atoms. The third kappa shape index (κ3) is 3.42. The minimum Gasteiger partial charge on any atom is -0.480 e. The Labute approximate surface area is 88.0 Å². The fraction of sp³-hybridized carbons (Fsp3) is 0.857. The van der Waals surface area contributed by atoms with Gasteiger partial charge in [-0.05, 0) is 12.8 Å². The maximum Gasteiger partial charge on any atom is 0.324 e. The molecule has 1 saturated carbocycles. The molecule has 0 unspecified atom stereocenters. The predicted molar refractivity (Wildman–Crippen MR) is 51.5 cm³/mol. The largest absolute Gasteiger partial charge is 0.480 e. The lowest BCUT2D eigenvalue weighted by Gasteiger charge is -2.13. The van der Waals surface area contributed by atoms with Gasteiger partial charge < -0.3 is 9.84 Å². The molecule has 1 rings (SSSR count). The molecule has 1 aliphatic carbocycles. The first-order chi connectivity index (χ1) is 6.92. The molecule has 0 aromatic rings. The zero-order chi connectivity index (χ0) is 11.5. The number of nitrogens with one attached hydrogen (secondary N) is 2. The van der Waals surface area contributed by atoms with E-state index in [0.717, 1.165) is 0 Å². The number of ether oxygens (including phenoxy) is 1. The summed E-state index contributed by atoms with van der Waals surface area (Å²) < 4.78 is 31.6. The second-order valence-corrected chi connectivity index (χ2v) is 4.88. The van der Waals surface area contributed by atoms with E-state index in [2.05, 4.69) is 14.2 Å². The average molecular weight is 238 g/mol. The topological polar surface area (TPSA) is 105 Å². The van der Waals surface area contributed by atoms with Crippen molar-refractivity contribution in [1.29, 1.82) is 0 Å². The first-order valence-corrected chi connectivity index (χ1v) is 5.91. The summed E-state index contributed by atoms with van der Waals surface area (Å²) in [6, 6.07) is 0. The fourth-order valence-corrected chi connectivity index (χ4v) is 2.29. The van der Waals surface area contributed by atoms with Gasteiger partial charge in [0.15, 0.2) is 0 Å². The van der Waals surface area contributed by atoms with E-state index in [4.69, 9.17) is 5.11 Å². The van der Waals surface area contributed by atoms with Gasteiger partial charge in [0.1, 0.15) is 5.54 Å².